The second kappa shape index (κ2) is 7.68. The van der Waals surface area contributed by atoms with E-state index in [9.17, 15) is 4.79 Å². The van der Waals surface area contributed by atoms with Gasteiger partial charge in [-0.2, -0.15) is 0 Å². The van der Waals surface area contributed by atoms with Crippen LogP contribution in [0.1, 0.15) is 32.1 Å². The molecule has 0 radical (unpaired) electrons. The van der Waals surface area contributed by atoms with Gasteiger partial charge in [-0.25, -0.2) is 0 Å². The molecule has 120 valence electrons. The van der Waals surface area contributed by atoms with Gasteiger partial charge in [-0.1, -0.05) is 37.5 Å². The zero-order valence-electron chi connectivity index (χ0n) is 13.1. The van der Waals surface area contributed by atoms with Gasteiger partial charge < -0.3 is 4.74 Å². The zero-order chi connectivity index (χ0) is 15.9. The summed E-state index contributed by atoms with van der Waals surface area (Å²) >= 11 is 0. The quantitative estimate of drug-likeness (QED) is 0.799. The molecule has 0 heterocycles. The number of anilines is 1. The van der Waals surface area contributed by atoms with Crippen LogP contribution in [0, 0.1) is 5.92 Å². The average molecular weight is 310 g/mol. The van der Waals surface area contributed by atoms with Crippen LogP contribution in [0.3, 0.4) is 0 Å². The number of carbonyl (C=O) groups is 1. The van der Waals surface area contributed by atoms with Crippen LogP contribution < -0.4 is 15.6 Å². The second-order valence-electron chi connectivity index (χ2n) is 5.89. The highest BCUT2D eigenvalue weighted by Crippen LogP contribution is 2.24. The SMILES string of the molecule is O=C(NNc1ccc(Oc2ccccc2)cc1)C1CCCCC1. The second-order valence-corrected chi connectivity index (χ2v) is 5.89. The predicted molar refractivity (Wildman–Crippen MR) is 91.3 cm³/mol. The van der Waals surface area contributed by atoms with E-state index in [0.717, 1.165) is 42.9 Å². The van der Waals surface area contributed by atoms with Gasteiger partial charge in [-0.3, -0.25) is 15.6 Å². The van der Waals surface area contributed by atoms with Crippen molar-refractivity contribution in [1.29, 1.82) is 0 Å². The minimum absolute atomic E-state index is 0.0920. The van der Waals surface area contributed by atoms with E-state index in [1.165, 1.54) is 6.42 Å². The first-order valence-electron chi connectivity index (χ1n) is 8.20. The Hall–Kier alpha value is -2.49. The van der Waals surface area contributed by atoms with Crippen molar-refractivity contribution in [3.8, 4) is 11.5 Å². The Labute approximate surface area is 136 Å². The molecule has 0 saturated heterocycles. The maximum atomic E-state index is 12.1. The minimum atomic E-state index is 0.0920. The van der Waals surface area contributed by atoms with Crippen molar-refractivity contribution in [1.82, 2.24) is 5.43 Å². The van der Waals surface area contributed by atoms with Gasteiger partial charge in [0.05, 0.1) is 5.69 Å². The maximum Gasteiger partial charge on any atom is 0.241 e. The Morgan fingerprint density at radius 1 is 0.870 bits per heavy atom. The molecule has 2 aromatic rings. The molecule has 23 heavy (non-hydrogen) atoms. The van der Waals surface area contributed by atoms with Crippen LogP contribution in [-0.4, -0.2) is 5.91 Å². The fraction of sp³-hybridized carbons (Fsp3) is 0.316. The highest BCUT2D eigenvalue weighted by atomic mass is 16.5. The molecule has 0 spiro atoms. The van der Waals surface area contributed by atoms with Crippen molar-refractivity contribution in [2.45, 2.75) is 32.1 Å². The number of hydrogen-bond donors (Lipinski definition) is 2. The summed E-state index contributed by atoms with van der Waals surface area (Å²) < 4.78 is 5.74. The number of benzene rings is 2. The maximum absolute atomic E-state index is 12.1. The standard InChI is InChI=1S/C19H22N2O2/c22-19(15-7-3-1-4-8-15)21-20-16-11-13-18(14-12-16)23-17-9-5-2-6-10-17/h2,5-6,9-15,20H,1,3-4,7-8H2,(H,21,22). The van der Waals surface area contributed by atoms with Gasteiger partial charge in [0.15, 0.2) is 0 Å². The van der Waals surface area contributed by atoms with E-state index in [-0.39, 0.29) is 11.8 Å². The number of carbonyl (C=O) groups excluding carboxylic acids is 1. The van der Waals surface area contributed by atoms with Crippen molar-refractivity contribution in [3.63, 3.8) is 0 Å². The lowest BCUT2D eigenvalue weighted by atomic mass is 9.89. The van der Waals surface area contributed by atoms with Gasteiger partial charge in [-0.05, 0) is 49.2 Å². The smallest absolute Gasteiger partial charge is 0.241 e. The van der Waals surface area contributed by atoms with Crippen LogP contribution in [0.15, 0.2) is 54.6 Å². The highest BCUT2D eigenvalue weighted by Gasteiger charge is 2.20. The van der Waals surface area contributed by atoms with E-state index in [1.807, 2.05) is 54.6 Å². The number of rotatable bonds is 5. The van der Waals surface area contributed by atoms with Crippen LogP contribution in [0.5, 0.6) is 11.5 Å². The molecule has 4 heteroatoms. The van der Waals surface area contributed by atoms with Crippen molar-refractivity contribution in [2.75, 3.05) is 5.43 Å². The molecular formula is C19H22N2O2. The van der Waals surface area contributed by atoms with E-state index < -0.39 is 0 Å². The molecule has 0 aliphatic heterocycles. The molecule has 4 nitrogen and oxygen atoms in total. The summed E-state index contributed by atoms with van der Waals surface area (Å²) in [6.07, 6.45) is 5.56. The molecule has 0 atom stereocenters. The fourth-order valence-electron chi connectivity index (χ4n) is 2.83. The van der Waals surface area contributed by atoms with Gasteiger partial charge in [0.25, 0.3) is 0 Å². The molecule has 1 aliphatic rings. The molecule has 0 unspecified atom stereocenters. The highest BCUT2D eigenvalue weighted by molar-refractivity contribution is 5.80. The van der Waals surface area contributed by atoms with E-state index in [2.05, 4.69) is 10.9 Å². The first kappa shape index (κ1) is 15.4. The van der Waals surface area contributed by atoms with Crippen molar-refractivity contribution < 1.29 is 9.53 Å². The molecule has 0 aromatic heterocycles. The van der Waals surface area contributed by atoms with Crippen LogP contribution in [0.2, 0.25) is 0 Å². The molecule has 1 aliphatic carbocycles. The summed E-state index contributed by atoms with van der Waals surface area (Å²) in [5.74, 6) is 1.81. The van der Waals surface area contributed by atoms with Crippen LogP contribution in [-0.2, 0) is 4.79 Å². The number of para-hydroxylation sites is 1. The first-order valence-corrected chi connectivity index (χ1v) is 8.20. The van der Waals surface area contributed by atoms with Gasteiger partial charge >= 0.3 is 0 Å². The van der Waals surface area contributed by atoms with E-state index in [4.69, 9.17) is 4.74 Å². The van der Waals surface area contributed by atoms with E-state index in [1.54, 1.807) is 0 Å². The van der Waals surface area contributed by atoms with Crippen molar-refractivity contribution >= 4 is 11.6 Å². The van der Waals surface area contributed by atoms with Crippen molar-refractivity contribution in [2.24, 2.45) is 5.92 Å². The minimum Gasteiger partial charge on any atom is -0.457 e. The molecule has 1 fully saturated rings. The third-order valence-electron chi connectivity index (χ3n) is 4.14. The number of amides is 1. The number of hydrogen-bond acceptors (Lipinski definition) is 3. The number of nitrogens with one attached hydrogen (secondary N) is 2. The van der Waals surface area contributed by atoms with Gasteiger partial charge in [0.2, 0.25) is 5.91 Å². The average Bonchev–Trinajstić information content (AvgIpc) is 2.62. The molecular weight excluding hydrogens is 288 g/mol. The lowest BCUT2D eigenvalue weighted by Crippen LogP contribution is -2.35. The molecule has 1 amide bonds. The predicted octanol–water partition coefficient (Wildman–Crippen LogP) is 4.50. The lowest BCUT2D eigenvalue weighted by Gasteiger charge is -2.21. The summed E-state index contributed by atoms with van der Waals surface area (Å²) in [5, 5.41) is 0. The Balaban J connectivity index is 1.50. The third-order valence-corrected chi connectivity index (χ3v) is 4.14. The third kappa shape index (κ3) is 4.49. The fourth-order valence-corrected chi connectivity index (χ4v) is 2.83. The van der Waals surface area contributed by atoms with Gasteiger partial charge in [0.1, 0.15) is 11.5 Å². The van der Waals surface area contributed by atoms with E-state index >= 15 is 0 Å². The summed E-state index contributed by atoms with van der Waals surface area (Å²) in [6.45, 7) is 0. The number of ether oxygens (including phenoxy) is 1. The topological polar surface area (TPSA) is 50.4 Å². The Morgan fingerprint density at radius 3 is 2.22 bits per heavy atom. The van der Waals surface area contributed by atoms with Crippen LogP contribution in [0.4, 0.5) is 5.69 Å². The van der Waals surface area contributed by atoms with Crippen LogP contribution >= 0.6 is 0 Å². The number of hydrazine groups is 1. The summed E-state index contributed by atoms with van der Waals surface area (Å²) in [5.41, 5.74) is 6.63. The van der Waals surface area contributed by atoms with Crippen molar-refractivity contribution in [3.05, 3.63) is 54.6 Å². The monoisotopic (exact) mass is 310 g/mol. The molecule has 1 saturated carbocycles. The Bertz CT molecular complexity index is 620. The molecule has 2 aromatic carbocycles. The Morgan fingerprint density at radius 2 is 1.52 bits per heavy atom. The van der Waals surface area contributed by atoms with Crippen LogP contribution in [0.25, 0.3) is 0 Å². The van der Waals surface area contributed by atoms with Gasteiger partial charge in [-0.15, -0.1) is 0 Å². The molecule has 3 rings (SSSR count). The largest absolute Gasteiger partial charge is 0.457 e. The molecule has 2 N–H and O–H groups in total. The lowest BCUT2D eigenvalue weighted by molar-refractivity contribution is -0.125. The first-order chi connectivity index (χ1) is 11.3. The summed E-state index contributed by atoms with van der Waals surface area (Å²) in [6, 6.07) is 17.2. The molecule has 0 bridgehead atoms. The zero-order valence-corrected chi connectivity index (χ0v) is 13.1. The normalized spacial score (nSPS) is 15.0. The van der Waals surface area contributed by atoms with Gasteiger partial charge in [0, 0.05) is 5.92 Å². The van der Waals surface area contributed by atoms with E-state index in [0.29, 0.717) is 0 Å². The summed E-state index contributed by atoms with van der Waals surface area (Å²) in [7, 11) is 0. The summed E-state index contributed by atoms with van der Waals surface area (Å²) in [4.78, 5) is 12.1. The Kier molecular flexibility index (Phi) is 5.14.